The molecule has 2 aromatic carbocycles. The maximum absolute atomic E-state index is 13.1. The maximum Gasteiger partial charge on any atom is 0.261 e. The van der Waals surface area contributed by atoms with Crippen molar-refractivity contribution in [3.05, 3.63) is 65.7 Å². The van der Waals surface area contributed by atoms with Crippen LogP contribution in [0.3, 0.4) is 0 Å². The molecule has 2 aromatic rings. The average Bonchev–Trinajstić information content (AvgIpc) is 2.69. The van der Waals surface area contributed by atoms with Gasteiger partial charge in [0.25, 0.3) is 5.91 Å². The van der Waals surface area contributed by atoms with E-state index in [1.165, 1.54) is 0 Å². The van der Waals surface area contributed by atoms with E-state index in [0.29, 0.717) is 25.1 Å². The van der Waals surface area contributed by atoms with Gasteiger partial charge in [0.1, 0.15) is 11.8 Å². The lowest BCUT2D eigenvalue weighted by molar-refractivity contribution is -0.142. The first-order chi connectivity index (χ1) is 14.2. The third-order valence-corrected chi connectivity index (χ3v) is 4.81. The molecule has 0 heterocycles. The number of para-hydroxylation sites is 1. The Morgan fingerprint density at radius 1 is 1.03 bits per heavy atom. The van der Waals surface area contributed by atoms with Crippen LogP contribution < -0.4 is 10.1 Å². The molecule has 1 atom stereocenters. The highest BCUT2D eigenvalue weighted by molar-refractivity contribution is 5.88. The second-order valence-corrected chi connectivity index (χ2v) is 8.54. The number of carbonyl (C=O) groups is 2. The van der Waals surface area contributed by atoms with Crippen molar-refractivity contribution in [1.29, 1.82) is 0 Å². The highest BCUT2D eigenvalue weighted by Gasteiger charge is 2.30. The Kier molecular flexibility index (Phi) is 8.46. The van der Waals surface area contributed by atoms with E-state index in [1.807, 2.05) is 89.2 Å². The molecule has 0 aliphatic rings. The summed E-state index contributed by atoms with van der Waals surface area (Å²) in [6.45, 7) is 10.0. The van der Waals surface area contributed by atoms with Crippen molar-refractivity contribution in [3.63, 3.8) is 0 Å². The van der Waals surface area contributed by atoms with Gasteiger partial charge in [0.05, 0.1) is 0 Å². The molecule has 0 saturated heterocycles. The van der Waals surface area contributed by atoms with Crippen molar-refractivity contribution in [1.82, 2.24) is 10.2 Å². The van der Waals surface area contributed by atoms with Crippen molar-refractivity contribution in [2.24, 2.45) is 0 Å². The van der Waals surface area contributed by atoms with Crippen molar-refractivity contribution in [2.45, 2.75) is 59.0 Å². The molecule has 1 N–H and O–H groups in total. The summed E-state index contributed by atoms with van der Waals surface area (Å²) >= 11 is 0. The van der Waals surface area contributed by atoms with Gasteiger partial charge < -0.3 is 15.0 Å². The lowest BCUT2D eigenvalue weighted by atomic mass is 10.1. The van der Waals surface area contributed by atoms with Gasteiger partial charge in [-0.2, -0.15) is 0 Å². The molecule has 0 unspecified atom stereocenters. The number of nitrogens with one attached hydrogen (secondary N) is 1. The summed E-state index contributed by atoms with van der Waals surface area (Å²) in [5.74, 6) is 0.355. The van der Waals surface area contributed by atoms with Crippen LogP contribution in [0.4, 0.5) is 0 Å². The molecule has 30 heavy (non-hydrogen) atoms. The monoisotopic (exact) mass is 410 g/mol. The van der Waals surface area contributed by atoms with Crippen LogP contribution in [0.2, 0.25) is 0 Å². The van der Waals surface area contributed by atoms with Gasteiger partial charge in [0.15, 0.2) is 6.61 Å². The van der Waals surface area contributed by atoms with Crippen LogP contribution in [0.5, 0.6) is 5.75 Å². The zero-order chi connectivity index (χ0) is 22.1. The van der Waals surface area contributed by atoms with Crippen molar-refractivity contribution in [2.75, 3.05) is 13.2 Å². The molecule has 0 saturated carbocycles. The molecule has 0 bridgehead atoms. The Bertz CT molecular complexity index is 828. The van der Waals surface area contributed by atoms with Gasteiger partial charge >= 0.3 is 0 Å². The zero-order valence-corrected chi connectivity index (χ0v) is 18.8. The maximum atomic E-state index is 13.1. The highest BCUT2D eigenvalue weighted by atomic mass is 16.5. The number of benzene rings is 2. The molecular weight excluding hydrogens is 376 g/mol. The second kappa shape index (κ2) is 10.8. The molecule has 5 nitrogen and oxygen atoms in total. The normalized spacial score (nSPS) is 12.2. The van der Waals surface area contributed by atoms with Crippen LogP contribution in [0.1, 0.15) is 45.2 Å². The van der Waals surface area contributed by atoms with Gasteiger partial charge in [0.2, 0.25) is 5.91 Å². The van der Waals surface area contributed by atoms with Crippen molar-refractivity contribution in [3.8, 4) is 5.75 Å². The number of rotatable bonds is 9. The van der Waals surface area contributed by atoms with Gasteiger partial charge in [-0.15, -0.1) is 0 Å². The van der Waals surface area contributed by atoms with Crippen LogP contribution in [-0.4, -0.2) is 41.4 Å². The molecule has 5 heteroatoms. The molecule has 0 aromatic heterocycles. The van der Waals surface area contributed by atoms with Crippen LogP contribution in [0.15, 0.2) is 54.6 Å². The van der Waals surface area contributed by atoms with Gasteiger partial charge in [-0.1, -0.05) is 55.5 Å². The standard InChI is InChI=1S/C25H34N2O3/c1-6-21(24(29)26-25(3,4)5)27(17-16-20-13-8-7-9-14-20)23(28)18-30-22-15-11-10-12-19(22)2/h7-15,21H,6,16-18H2,1-5H3,(H,26,29)/t21-/m1/s1. The predicted molar refractivity (Wildman–Crippen MR) is 121 cm³/mol. The summed E-state index contributed by atoms with van der Waals surface area (Å²) in [6, 6.07) is 17.0. The van der Waals surface area contributed by atoms with E-state index in [4.69, 9.17) is 4.74 Å². The first-order valence-corrected chi connectivity index (χ1v) is 10.5. The number of aryl methyl sites for hydroxylation is 1. The second-order valence-electron chi connectivity index (χ2n) is 8.54. The van der Waals surface area contributed by atoms with E-state index in [2.05, 4.69) is 5.32 Å². The van der Waals surface area contributed by atoms with Gasteiger partial charge in [-0.3, -0.25) is 9.59 Å². The lowest BCUT2D eigenvalue weighted by Crippen LogP contribution is -2.54. The Labute approximate surface area is 180 Å². The fourth-order valence-electron chi connectivity index (χ4n) is 3.29. The molecule has 2 rings (SSSR count). The van der Waals surface area contributed by atoms with Crippen LogP contribution >= 0.6 is 0 Å². The minimum absolute atomic E-state index is 0.0983. The summed E-state index contributed by atoms with van der Waals surface area (Å²) in [4.78, 5) is 27.7. The van der Waals surface area contributed by atoms with Crippen LogP contribution in [-0.2, 0) is 16.0 Å². The molecule has 0 aliphatic heterocycles. The molecule has 2 amide bonds. The summed E-state index contributed by atoms with van der Waals surface area (Å²) in [6.07, 6.45) is 1.21. The summed E-state index contributed by atoms with van der Waals surface area (Å²) in [7, 11) is 0. The van der Waals surface area contributed by atoms with Gasteiger partial charge in [-0.05, 0) is 57.7 Å². The number of amides is 2. The number of hydrogen-bond donors (Lipinski definition) is 1. The summed E-state index contributed by atoms with van der Waals surface area (Å²) in [5.41, 5.74) is 1.73. The van der Waals surface area contributed by atoms with Gasteiger partial charge in [0, 0.05) is 12.1 Å². The predicted octanol–water partition coefficient (Wildman–Crippen LogP) is 4.14. The number of ether oxygens (including phenoxy) is 1. The largest absolute Gasteiger partial charge is 0.484 e. The lowest BCUT2D eigenvalue weighted by Gasteiger charge is -2.33. The molecular formula is C25H34N2O3. The SMILES string of the molecule is CC[C@H](C(=O)NC(C)(C)C)N(CCc1ccccc1)C(=O)COc1ccccc1C. The Balaban J connectivity index is 2.16. The van der Waals surface area contributed by atoms with E-state index in [0.717, 1.165) is 11.1 Å². The number of nitrogens with zero attached hydrogens (tertiary/aromatic N) is 1. The van der Waals surface area contributed by atoms with Gasteiger partial charge in [-0.25, -0.2) is 0 Å². The molecule has 0 spiro atoms. The van der Waals surface area contributed by atoms with Crippen molar-refractivity contribution >= 4 is 11.8 Å². The van der Waals surface area contributed by atoms with E-state index >= 15 is 0 Å². The Morgan fingerprint density at radius 2 is 1.67 bits per heavy atom. The molecule has 0 fully saturated rings. The van der Waals surface area contributed by atoms with E-state index in [1.54, 1.807) is 4.90 Å². The third-order valence-electron chi connectivity index (χ3n) is 4.81. The minimum Gasteiger partial charge on any atom is -0.484 e. The molecule has 0 radical (unpaired) electrons. The van der Waals surface area contributed by atoms with Crippen LogP contribution in [0.25, 0.3) is 0 Å². The van der Waals surface area contributed by atoms with Crippen molar-refractivity contribution < 1.29 is 14.3 Å². The van der Waals surface area contributed by atoms with E-state index in [-0.39, 0.29) is 24.0 Å². The zero-order valence-electron chi connectivity index (χ0n) is 18.8. The number of carbonyl (C=O) groups excluding carboxylic acids is 2. The molecule has 162 valence electrons. The average molecular weight is 411 g/mol. The smallest absolute Gasteiger partial charge is 0.261 e. The topological polar surface area (TPSA) is 58.6 Å². The quantitative estimate of drug-likeness (QED) is 0.676. The third kappa shape index (κ3) is 7.21. The number of hydrogen-bond acceptors (Lipinski definition) is 3. The summed E-state index contributed by atoms with van der Waals surface area (Å²) < 4.78 is 5.78. The molecule has 0 aliphatic carbocycles. The van der Waals surface area contributed by atoms with Crippen LogP contribution in [0, 0.1) is 6.92 Å². The minimum atomic E-state index is -0.541. The summed E-state index contributed by atoms with van der Waals surface area (Å²) in [5, 5.41) is 3.01. The first-order valence-electron chi connectivity index (χ1n) is 10.5. The fraction of sp³-hybridized carbons (Fsp3) is 0.440. The van der Waals surface area contributed by atoms with E-state index < -0.39 is 6.04 Å². The first kappa shape index (κ1) is 23.5. The Hall–Kier alpha value is -2.82. The Morgan fingerprint density at radius 3 is 2.27 bits per heavy atom. The highest BCUT2D eigenvalue weighted by Crippen LogP contribution is 2.17. The fourth-order valence-corrected chi connectivity index (χ4v) is 3.29. The van der Waals surface area contributed by atoms with E-state index in [9.17, 15) is 9.59 Å².